The van der Waals surface area contributed by atoms with E-state index in [0.717, 1.165) is 0 Å². The predicted octanol–water partition coefficient (Wildman–Crippen LogP) is 2.15. The van der Waals surface area contributed by atoms with E-state index < -0.39 is 9.84 Å². The fourth-order valence-corrected chi connectivity index (χ4v) is 4.19. The van der Waals surface area contributed by atoms with Crippen LogP contribution < -0.4 is 4.74 Å². The largest absolute Gasteiger partial charge is 0.493 e. The quantitative estimate of drug-likeness (QED) is 0.903. The number of rotatable bonds is 5. The van der Waals surface area contributed by atoms with Crippen molar-refractivity contribution >= 4 is 21.4 Å². The lowest BCUT2D eigenvalue weighted by atomic mass is 9.88. The first kappa shape index (κ1) is 15.6. The van der Waals surface area contributed by atoms with Gasteiger partial charge in [0.1, 0.15) is 15.6 Å². The minimum atomic E-state index is -2.87. The molecule has 0 aromatic heterocycles. The Kier molecular flexibility index (Phi) is 5.29. The number of halogens is 1. The SMILES string of the molecule is O=S1(=O)CCC(C(CO)COc2cccc(Cl)c2)CC1. The molecule has 112 valence electrons. The number of aliphatic hydroxyl groups excluding tert-OH is 1. The molecule has 0 bridgehead atoms. The third-order valence-electron chi connectivity index (χ3n) is 3.76. The van der Waals surface area contributed by atoms with E-state index in [1.165, 1.54) is 0 Å². The van der Waals surface area contributed by atoms with Gasteiger partial charge in [-0.1, -0.05) is 17.7 Å². The van der Waals surface area contributed by atoms with Crippen molar-refractivity contribution in [1.82, 2.24) is 0 Å². The van der Waals surface area contributed by atoms with Gasteiger partial charge in [-0.3, -0.25) is 0 Å². The van der Waals surface area contributed by atoms with Crippen molar-refractivity contribution in [1.29, 1.82) is 0 Å². The van der Waals surface area contributed by atoms with Gasteiger partial charge in [0, 0.05) is 17.5 Å². The van der Waals surface area contributed by atoms with E-state index in [4.69, 9.17) is 16.3 Å². The highest BCUT2D eigenvalue weighted by Crippen LogP contribution is 2.27. The zero-order valence-corrected chi connectivity index (χ0v) is 12.7. The Morgan fingerprint density at radius 2 is 2.05 bits per heavy atom. The van der Waals surface area contributed by atoms with E-state index >= 15 is 0 Å². The molecule has 6 heteroatoms. The topological polar surface area (TPSA) is 63.6 Å². The predicted molar refractivity (Wildman–Crippen MR) is 78.9 cm³/mol. The summed E-state index contributed by atoms with van der Waals surface area (Å²) in [4.78, 5) is 0. The number of aliphatic hydroxyl groups is 1. The van der Waals surface area contributed by atoms with E-state index in [0.29, 0.717) is 30.2 Å². The van der Waals surface area contributed by atoms with Crippen LogP contribution in [0.15, 0.2) is 24.3 Å². The van der Waals surface area contributed by atoms with Crippen molar-refractivity contribution in [2.45, 2.75) is 12.8 Å². The monoisotopic (exact) mass is 318 g/mol. The molecule has 2 rings (SSSR count). The Labute approximate surface area is 124 Å². The fraction of sp³-hybridized carbons (Fsp3) is 0.571. The van der Waals surface area contributed by atoms with Crippen LogP contribution in [0.1, 0.15) is 12.8 Å². The molecule has 1 aromatic carbocycles. The molecule has 1 atom stereocenters. The molecular weight excluding hydrogens is 300 g/mol. The molecule has 1 heterocycles. The summed E-state index contributed by atoms with van der Waals surface area (Å²) in [5, 5.41) is 10.1. The zero-order chi connectivity index (χ0) is 14.6. The van der Waals surface area contributed by atoms with Gasteiger partial charge in [0.05, 0.1) is 18.1 Å². The maximum atomic E-state index is 11.4. The van der Waals surface area contributed by atoms with Crippen molar-refractivity contribution < 1.29 is 18.3 Å². The molecule has 1 unspecified atom stereocenters. The smallest absolute Gasteiger partial charge is 0.150 e. The Hall–Kier alpha value is -0.780. The second kappa shape index (κ2) is 6.78. The highest BCUT2D eigenvalue weighted by molar-refractivity contribution is 7.91. The second-order valence-electron chi connectivity index (χ2n) is 5.20. The molecule has 1 aliphatic heterocycles. The van der Waals surface area contributed by atoms with Crippen molar-refractivity contribution in [3.05, 3.63) is 29.3 Å². The molecule has 0 spiro atoms. The van der Waals surface area contributed by atoms with Crippen LogP contribution in [0.3, 0.4) is 0 Å². The lowest BCUT2D eigenvalue weighted by Gasteiger charge is -2.28. The minimum absolute atomic E-state index is 0.00524. The summed E-state index contributed by atoms with van der Waals surface area (Å²) in [5.41, 5.74) is 0. The molecule has 1 fully saturated rings. The van der Waals surface area contributed by atoms with Crippen molar-refractivity contribution in [3.63, 3.8) is 0 Å². The van der Waals surface area contributed by atoms with Gasteiger partial charge >= 0.3 is 0 Å². The molecule has 1 saturated heterocycles. The normalized spacial score (nSPS) is 20.5. The van der Waals surface area contributed by atoms with Crippen LogP contribution in [-0.2, 0) is 9.84 Å². The standard InChI is InChI=1S/C14H19ClO4S/c15-13-2-1-3-14(8-13)19-10-12(9-16)11-4-6-20(17,18)7-5-11/h1-3,8,11-12,16H,4-7,9-10H2. The fourth-order valence-electron chi connectivity index (χ4n) is 2.48. The van der Waals surface area contributed by atoms with Crippen LogP contribution in [0.25, 0.3) is 0 Å². The molecule has 0 aliphatic carbocycles. The van der Waals surface area contributed by atoms with Gasteiger partial charge in [0.15, 0.2) is 0 Å². The average molecular weight is 319 g/mol. The first-order valence-corrected chi connectivity index (χ1v) is 8.90. The summed E-state index contributed by atoms with van der Waals surface area (Å²) >= 11 is 5.88. The van der Waals surface area contributed by atoms with Gasteiger partial charge in [0.25, 0.3) is 0 Å². The molecule has 0 amide bonds. The van der Waals surface area contributed by atoms with Gasteiger partial charge in [-0.25, -0.2) is 8.42 Å². The highest BCUT2D eigenvalue weighted by Gasteiger charge is 2.29. The zero-order valence-electron chi connectivity index (χ0n) is 11.2. The molecule has 4 nitrogen and oxygen atoms in total. The third kappa shape index (κ3) is 4.36. The summed E-state index contributed by atoms with van der Waals surface area (Å²) in [5.74, 6) is 1.25. The molecular formula is C14H19ClO4S. The van der Waals surface area contributed by atoms with Crippen LogP contribution in [0, 0.1) is 11.8 Å². The maximum absolute atomic E-state index is 11.4. The minimum Gasteiger partial charge on any atom is -0.493 e. The molecule has 1 N–H and O–H groups in total. The molecule has 0 radical (unpaired) electrons. The van der Waals surface area contributed by atoms with Crippen LogP contribution in [0.5, 0.6) is 5.75 Å². The Balaban J connectivity index is 1.90. The maximum Gasteiger partial charge on any atom is 0.150 e. The van der Waals surface area contributed by atoms with Gasteiger partial charge in [-0.05, 0) is 37.0 Å². The van der Waals surface area contributed by atoms with Crippen molar-refractivity contribution in [3.8, 4) is 5.75 Å². The van der Waals surface area contributed by atoms with Crippen molar-refractivity contribution in [2.75, 3.05) is 24.7 Å². The first-order chi connectivity index (χ1) is 9.50. The Bertz CT molecular complexity index is 530. The van der Waals surface area contributed by atoms with E-state index in [1.54, 1.807) is 18.2 Å². The van der Waals surface area contributed by atoms with Gasteiger partial charge in [-0.2, -0.15) is 0 Å². The summed E-state index contributed by atoms with van der Waals surface area (Å²) in [7, 11) is -2.87. The summed E-state index contributed by atoms with van der Waals surface area (Å²) in [6, 6.07) is 7.11. The van der Waals surface area contributed by atoms with Crippen LogP contribution in [0.2, 0.25) is 5.02 Å². The first-order valence-electron chi connectivity index (χ1n) is 6.70. The second-order valence-corrected chi connectivity index (χ2v) is 7.94. The van der Waals surface area contributed by atoms with Crippen molar-refractivity contribution in [2.24, 2.45) is 11.8 Å². The number of benzene rings is 1. The molecule has 1 aliphatic rings. The lowest BCUT2D eigenvalue weighted by molar-refractivity contribution is 0.112. The van der Waals surface area contributed by atoms with E-state index in [2.05, 4.69) is 0 Å². The Morgan fingerprint density at radius 3 is 2.65 bits per heavy atom. The van der Waals surface area contributed by atoms with E-state index in [-0.39, 0.29) is 29.9 Å². The van der Waals surface area contributed by atoms with Gasteiger partial charge < -0.3 is 9.84 Å². The third-order valence-corrected chi connectivity index (χ3v) is 5.71. The van der Waals surface area contributed by atoms with Gasteiger partial charge in [-0.15, -0.1) is 0 Å². The van der Waals surface area contributed by atoms with E-state index in [9.17, 15) is 13.5 Å². The number of hydrogen-bond donors (Lipinski definition) is 1. The average Bonchev–Trinajstić information content (AvgIpc) is 2.41. The Morgan fingerprint density at radius 1 is 1.35 bits per heavy atom. The number of hydrogen-bond acceptors (Lipinski definition) is 4. The summed E-state index contributed by atoms with van der Waals surface area (Å²) < 4.78 is 28.5. The molecule has 0 saturated carbocycles. The summed E-state index contributed by atoms with van der Waals surface area (Å²) in [6.07, 6.45) is 1.21. The van der Waals surface area contributed by atoms with E-state index in [1.807, 2.05) is 6.07 Å². The van der Waals surface area contributed by atoms with Gasteiger partial charge in [0.2, 0.25) is 0 Å². The number of sulfone groups is 1. The van der Waals surface area contributed by atoms with Crippen LogP contribution in [0.4, 0.5) is 0 Å². The number of ether oxygens (including phenoxy) is 1. The highest BCUT2D eigenvalue weighted by atomic mass is 35.5. The lowest BCUT2D eigenvalue weighted by Crippen LogP contribution is -2.32. The van der Waals surface area contributed by atoms with Crippen LogP contribution in [-0.4, -0.2) is 38.2 Å². The van der Waals surface area contributed by atoms with Crippen LogP contribution >= 0.6 is 11.6 Å². The summed E-state index contributed by atoms with van der Waals surface area (Å²) in [6.45, 7) is 0.382. The molecule has 20 heavy (non-hydrogen) atoms. The molecule has 1 aromatic rings.